The molecule has 7 heteroatoms. The van der Waals surface area contributed by atoms with E-state index in [2.05, 4.69) is 14.2 Å². The van der Waals surface area contributed by atoms with Gasteiger partial charge in [0.2, 0.25) is 0 Å². The number of esters is 4. The Bertz CT molecular complexity index is 342. The number of hydrogen-bond donors (Lipinski definition) is 0. The van der Waals surface area contributed by atoms with E-state index < -0.39 is 23.9 Å². The Kier molecular flexibility index (Phi) is 6.68. The van der Waals surface area contributed by atoms with Gasteiger partial charge in [0.25, 0.3) is 0 Å². The van der Waals surface area contributed by atoms with Gasteiger partial charge in [-0.05, 0) is 0 Å². The maximum absolute atomic E-state index is 10.9. The van der Waals surface area contributed by atoms with E-state index in [1.54, 1.807) is 0 Å². The molecule has 17 heavy (non-hydrogen) atoms. The van der Waals surface area contributed by atoms with E-state index >= 15 is 0 Å². The number of ether oxygens (including phenoxy) is 3. The second-order valence-corrected chi connectivity index (χ2v) is 2.45. The molecule has 0 saturated carbocycles. The van der Waals surface area contributed by atoms with Gasteiger partial charge in [-0.15, -0.1) is 0 Å². The van der Waals surface area contributed by atoms with Crippen molar-refractivity contribution in [2.24, 2.45) is 0 Å². The van der Waals surface area contributed by atoms with E-state index in [0.29, 0.717) is 0 Å². The molecule has 0 aliphatic carbocycles. The van der Waals surface area contributed by atoms with Gasteiger partial charge in [0.05, 0.1) is 14.2 Å². The summed E-state index contributed by atoms with van der Waals surface area (Å²) in [7, 11) is 2.25. The first-order valence-corrected chi connectivity index (χ1v) is 4.27. The standard InChI is InChI=1S/C10H10O7/c1-15-7(11)3-5-9(13)17-10(14)6-4-8(12)16-2/h3-6H,1-2H3/b5-3+,6-4+. The summed E-state index contributed by atoms with van der Waals surface area (Å²) < 4.78 is 12.6. The highest BCUT2D eigenvalue weighted by Crippen LogP contribution is 1.88. The smallest absolute Gasteiger partial charge is 0.338 e. The molecule has 0 aliphatic heterocycles. The van der Waals surface area contributed by atoms with E-state index in [1.807, 2.05) is 0 Å². The predicted molar refractivity (Wildman–Crippen MR) is 53.4 cm³/mol. The van der Waals surface area contributed by atoms with Crippen molar-refractivity contribution in [2.75, 3.05) is 14.2 Å². The van der Waals surface area contributed by atoms with Crippen LogP contribution >= 0.6 is 0 Å². The Morgan fingerprint density at radius 3 is 1.24 bits per heavy atom. The van der Waals surface area contributed by atoms with Gasteiger partial charge in [-0.1, -0.05) is 0 Å². The third-order valence-corrected chi connectivity index (χ3v) is 1.31. The maximum atomic E-state index is 10.9. The molecule has 0 aromatic heterocycles. The number of carbonyl (C=O) groups excluding carboxylic acids is 4. The van der Waals surface area contributed by atoms with Crippen LogP contribution in [0.5, 0.6) is 0 Å². The van der Waals surface area contributed by atoms with Crippen molar-refractivity contribution in [1.82, 2.24) is 0 Å². The second kappa shape index (κ2) is 7.80. The molecule has 0 rings (SSSR count). The van der Waals surface area contributed by atoms with Crippen molar-refractivity contribution in [3.63, 3.8) is 0 Å². The second-order valence-electron chi connectivity index (χ2n) is 2.45. The maximum Gasteiger partial charge on any atom is 0.338 e. The predicted octanol–water partition coefficient (Wildman–Crippen LogP) is -0.485. The van der Waals surface area contributed by atoms with Gasteiger partial charge in [0, 0.05) is 24.3 Å². The van der Waals surface area contributed by atoms with E-state index in [0.717, 1.165) is 38.5 Å². The lowest BCUT2D eigenvalue weighted by molar-refractivity contribution is -0.153. The summed E-state index contributed by atoms with van der Waals surface area (Å²) in [6.07, 6.45) is 3.02. The number of carbonyl (C=O) groups is 4. The Morgan fingerprint density at radius 1 is 0.647 bits per heavy atom. The summed E-state index contributed by atoms with van der Waals surface area (Å²) >= 11 is 0. The van der Waals surface area contributed by atoms with Crippen LogP contribution in [0.25, 0.3) is 0 Å². The van der Waals surface area contributed by atoms with Gasteiger partial charge in [-0.25, -0.2) is 19.2 Å². The third-order valence-electron chi connectivity index (χ3n) is 1.31. The molecule has 0 radical (unpaired) electrons. The highest BCUT2D eigenvalue weighted by molar-refractivity contribution is 6.00. The minimum absolute atomic E-state index is 0.718. The third kappa shape index (κ3) is 7.48. The van der Waals surface area contributed by atoms with Gasteiger partial charge < -0.3 is 14.2 Å². The minimum atomic E-state index is -1.06. The van der Waals surface area contributed by atoms with Crippen LogP contribution in [0.15, 0.2) is 24.3 Å². The monoisotopic (exact) mass is 242 g/mol. The molecule has 0 aliphatic rings. The fourth-order valence-electron chi connectivity index (χ4n) is 0.575. The number of hydrogen-bond acceptors (Lipinski definition) is 7. The lowest BCUT2D eigenvalue weighted by atomic mass is 10.5. The summed E-state index contributed by atoms with van der Waals surface area (Å²) in [5.41, 5.74) is 0. The van der Waals surface area contributed by atoms with Gasteiger partial charge in [-0.2, -0.15) is 0 Å². The van der Waals surface area contributed by atoms with Gasteiger partial charge in [0.1, 0.15) is 0 Å². The fraction of sp³-hybridized carbons (Fsp3) is 0.200. The average molecular weight is 242 g/mol. The highest BCUT2D eigenvalue weighted by Gasteiger charge is 2.05. The molecule has 0 spiro atoms. The van der Waals surface area contributed by atoms with Crippen LogP contribution in [0.2, 0.25) is 0 Å². The molecule has 0 heterocycles. The molecule has 0 atom stereocenters. The van der Waals surface area contributed by atoms with Crippen molar-refractivity contribution in [3.05, 3.63) is 24.3 Å². The first-order valence-electron chi connectivity index (χ1n) is 4.27. The first-order chi connectivity index (χ1) is 7.99. The van der Waals surface area contributed by atoms with Crippen molar-refractivity contribution < 1.29 is 33.4 Å². The molecule has 0 saturated heterocycles. The fourth-order valence-corrected chi connectivity index (χ4v) is 0.575. The first kappa shape index (κ1) is 14.6. The van der Waals surface area contributed by atoms with Gasteiger partial charge in [-0.3, -0.25) is 0 Å². The summed E-state index contributed by atoms with van der Waals surface area (Å²) in [5, 5.41) is 0. The van der Waals surface area contributed by atoms with E-state index in [1.165, 1.54) is 0 Å². The quantitative estimate of drug-likeness (QED) is 0.284. The van der Waals surface area contributed by atoms with Crippen molar-refractivity contribution in [1.29, 1.82) is 0 Å². The molecular weight excluding hydrogens is 232 g/mol. The van der Waals surface area contributed by atoms with Crippen LogP contribution in [0.3, 0.4) is 0 Å². The van der Waals surface area contributed by atoms with Gasteiger partial charge >= 0.3 is 23.9 Å². The molecule has 0 bridgehead atoms. The Hall–Kier alpha value is -2.44. The van der Waals surface area contributed by atoms with Crippen LogP contribution in [-0.2, 0) is 33.4 Å². The van der Waals surface area contributed by atoms with Crippen LogP contribution in [0.4, 0.5) is 0 Å². The van der Waals surface area contributed by atoms with Crippen molar-refractivity contribution in [2.45, 2.75) is 0 Å². The number of methoxy groups -OCH3 is 2. The van der Waals surface area contributed by atoms with E-state index in [-0.39, 0.29) is 0 Å². The topological polar surface area (TPSA) is 96.0 Å². The largest absolute Gasteiger partial charge is 0.466 e. The normalized spacial score (nSPS) is 10.2. The van der Waals surface area contributed by atoms with Crippen LogP contribution in [-0.4, -0.2) is 38.1 Å². The zero-order valence-electron chi connectivity index (χ0n) is 9.17. The van der Waals surface area contributed by atoms with E-state index in [9.17, 15) is 19.2 Å². The Labute approximate surface area is 96.6 Å². The van der Waals surface area contributed by atoms with Crippen LogP contribution < -0.4 is 0 Å². The summed E-state index contributed by atoms with van der Waals surface area (Å²) in [6, 6.07) is 0. The molecule has 0 aromatic carbocycles. The molecule has 0 aromatic rings. The molecule has 0 N–H and O–H groups in total. The zero-order valence-corrected chi connectivity index (χ0v) is 9.17. The Morgan fingerprint density at radius 2 is 0.941 bits per heavy atom. The summed E-state index contributed by atoms with van der Waals surface area (Å²) in [5.74, 6) is -3.65. The SMILES string of the molecule is COC(=O)/C=C/C(=O)OC(=O)/C=C/C(=O)OC. The minimum Gasteiger partial charge on any atom is -0.466 e. The van der Waals surface area contributed by atoms with Crippen LogP contribution in [0, 0.1) is 0 Å². The zero-order chi connectivity index (χ0) is 13.3. The molecular formula is C10H10O7. The van der Waals surface area contributed by atoms with Crippen molar-refractivity contribution >= 4 is 23.9 Å². The number of rotatable bonds is 4. The lowest BCUT2D eigenvalue weighted by Gasteiger charge is -1.94. The van der Waals surface area contributed by atoms with Crippen molar-refractivity contribution in [3.8, 4) is 0 Å². The molecule has 0 amide bonds. The molecule has 92 valence electrons. The van der Waals surface area contributed by atoms with Gasteiger partial charge in [0.15, 0.2) is 0 Å². The summed E-state index contributed by atoms with van der Waals surface area (Å²) in [4.78, 5) is 43.0. The molecule has 7 nitrogen and oxygen atoms in total. The Balaban J connectivity index is 4.18. The highest BCUT2D eigenvalue weighted by atomic mass is 16.6. The molecule has 0 fully saturated rings. The summed E-state index contributed by atoms with van der Waals surface area (Å²) in [6.45, 7) is 0. The van der Waals surface area contributed by atoms with E-state index in [4.69, 9.17) is 0 Å². The van der Waals surface area contributed by atoms with Crippen LogP contribution in [0.1, 0.15) is 0 Å². The average Bonchev–Trinajstić information content (AvgIpc) is 2.32. The lowest BCUT2D eigenvalue weighted by Crippen LogP contribution is -2.09. The molecule has 0 unspecified atom stereocenters.